The van der Waals surface area contributed by atoms with Crippen molar-refractivity contribution < 1.29 is 17.9 Å². The Kier molecular flexibility index (Phi) is 5.17. The van der Waals surface area contributed by atoms with E-state index in [1.165, 1.54) is 0 Å². The minimum absolute atomic E-state index is 0.170. The number of benzene rings is 1. The van der Waals surface area contributed by atoms with Crippen molar-refractivity contribution in [2.75, 3.05) is 13.2 Å². The number of hydrogen-bond acceptors (Lipinski definition) is 4. The second-order valence-corrected chi connectivity index (χ2v) is 8.78. The molecule has 0 saturated carbocycles. The zero-order valence-corrected chi connectivity index (χ0v) is 15.9. The van der Waals surface area contributed by atoms with Crippen molar-refractivity contribution in [1.29, 1.82) is 0 Å². The van der Waals surface area contributed by atoms with Crippen LogP contribution in [0, 0.1) is 6.92 Å². The minimum atomic E-state index is -3.62. The SMILES string of the molecule is Cc1cc(Br)c(S(=O)(=O)NCC2COC(C)(C)O2)cc1Br. The monoisotopic (exact) mass is 441 g/mol. The van der Waals surface area contributed by atoms with Gasteiger partial charge in [-0.15, -0.1) is 0 Å². The van der Waals surface area contributed by atoms with E-state index in [-0.39, 0.29) is 17.5 Å². The van der Waals surface area contributed by atoms with Crippen LogP contribution in [0.2, 0.25) is 0 Å². The van der Waals surface area contributed by atoms with E-state index in [2.05, 4.69) is 36.6 Å². The first-order chi connectivity index (χ1) is 9.61. The predicted octanol–water partition coefficient (Wildman–Crippen LogP) is 2.95. The standard InChI is InChI=1S/C13H17Br2NO4S/c1-8-4-11(15)12(5-10(8)14)21(17,18)16-6-9-7-19-13(2,3)20-9/h4-5,9,16H,6-7H2,1-3H3. The molecule has 1 N–H and O–H groups in total. The Morgan fingerprint density at radius 2 is 2.00 bits per heavy atom. The number of aryl methyl sites for hydroxylation is 1. The van der Waals surface area contributed by atoms with Gasteiger partial charge in [0.1, 0.15) is 0 Å². The van der Waals surface area contributed by atoms with Crippen LogP contribution in [0.15, 0.2) is 26.0 Å². The molecular weight excluding hydrogens is 426 g/mol. The third-order valence-corrected chi connectivity index (χ3v) is 6.31. The van der Waals surface area contributed by atoms with Gasteiger partial charge < -0.3 is 9.47 Å². The Labute approximate surface area is 141 Å². The molecule has 5 nitrogen and oxygen atoms in total. The molecule has 0 aliphatic carbocycles. The van der Waals surface area contributed by atoms with Crippen LogP contribution in [0.5, 0.6) is 0 Å². The fraction of sp³-hybridized carbons (Fsp3) is 0.538. The topological polar surface area (TPSA) is 64.6 Å². The fourth-order valence-corrected chi connectivity index (χ4v) is 4.72. The summed E-state index contributed by atoms with van der Waals surface area (Å²) in [5.74, 6) is -0.663. The highest BCUT2D eigenvalue weighted by Gasteiger charge is 2.33. The maximum atomic E-state index is 12.4. The number of hydrogen-bond donors (Lipinski definition) is 1. The first-order valence-corrected chi connectivity index (χ1v) is 9.45. The smallest absolute Gasteiger partial charge is 0.241 e. The van der Waals surface area contributed by atoms with Gasteiger partial charge in [-0.25, -0.2) is 13.1 Å². The van der Waals surface area contributed by atoms with Gasteiger partial charge in [0.15, 0.2) is 5.79 Å². The van der Waals surface area contributed by atoms with E-state index in [9.17, 15) is 8.42 Å². The van der Waals surface area contributed by atoms with Crippen LogP contribution in [-0.4, -0.2) is 33.5 Å². The highest BCUT2D eigenvalue weighted by atomic mass is 79.9. The summed E-state index contributed by atoms with van der Waals surface area (Å²) in [4.78, 5) is 0.193. The molecule has 1 heterocycles. The molecule has 118 valence electrons. The highest BCUT2D eigenvalue weighted by molar-refractivity contribution is 9.11. The van der Waals surface area contributed by atoms with Gasteiger partial charge in [0.2, 0.25) is 10.0 Å². The summed E-state index contributed by atoms with van der Waals surface area (Å²) in [6, 6.07) is 3.34. The van der Waals surface area contributed by atoms with Crippen molar-refractivity contribution >= 4 is 41.9 Å². The first kappa shape index (κ1) is 17.4. The van der Waals surface area contributed by atoms with Gasteiger partial charge in [-0.05, 0) is 54.4 Å². The Balaban J connectivity index is 2.11. The van der Waals surface area contributed by atoms with Gasteiger partial charge in [-0.2, -0.15) is 0 Å². The number of ether oxygens (including phenoxy) is 2. The molecule has 8 heteroatoms. The zero-order chi connectivity index (χ0) is 15.8. The average molecular weight is 443 g/mol. The van der Waals surface area contributed by atoms with Crippen molar-refractivity contribution in [2.24, 2.45) is 0 Å². The van der Waals surface area contributed by atoms with Crippen LogP contribution in [0.25, 0.3) is 0 Å². The summed E-state index contributed by atoms with van der Waals surface area (Å²) in [5, 5.41) is 0. The maximum Gasteiger partial charge on any atom is 0.241 e. The van der Waals surface area contributed by atoms with Gasteiger partial charge in [0.05, 0.1) is 17.6 Å². The molecule has 21 heavy (non-hydrogen) atoms. The second kappa shape index (κ2) is 6.25. The Hall–Kier alpha value is 0.01000. The number of nitrogens with one attached hydrogen (secondary N) is 1. The van der Waals surface area contributed by atoms with E-state index in [0.717, 1.165) is 10.0 Å². The third kappa shape index (κ3) is 4.27. The van der Waals surface area contributed by atoms with E-state index < -0.39 is 15.8 Å². The molecule has 1 aromatic rings. The van der Waals surface area contributed by atoms with Gasteiger partial charge >= 0.3 is 0 Å². The first-order valence-electron chi connectivity index (χ1n) is 6.38. The maximum absolute atomic E-state index is 12.4. The van der Waals surface area contributed by atoms with Crippen molar-refractivity contribution in [2.45, 2.75) is 37.6 Å². The minimum Gasteiger partial charge on any atom is -0.348 e. The molecule has 0 spiro atoms. The van der Waals surface area contributed by atoms with E-state index >= 15 is 0 Å². The van der Waals surface area contributed by atoms with Gasteiger partial charge in [-0.1, -0.05) is 15.9 Å². The third-order valence-electron chi connectivity index (χ3n) is 3.07. The molecular formula is C13H17Br2NO4S. The Morgan fingerprint density at radius 3 is 2.57 bits per heavy atom. The highest BCUT2D eigenvalue weighted by Crippen LogP contribution is 2.29. The predicted molar refractivity (Wildman–Crippen MR) is 86.7 cm³/mol. The van der Waals surface area contributed by atoms with Crippen molar-refractivity contribution in [3.05, 3.63) is 26.6 Å². The van der Waals surface area contributed by atoms with Crippen LogP contribution in [0.3, 0.4) is 0 Å². The van der Waals surface area contributed by atoms with Crippen LogP contribution >= 0.6 is 31.9 Å². The van der Waals surface area contributed by atoms with E-state index in [0.29, 0.717) is 11.1 Å². The number of sulfonamides is 1. The summed E-state index contributed by atoms with van der Waals surface area (Å²) in [6.45, 7) is 6.03. The van der Waals surface area contributed by atoms with Crippen LogP contribution in [-0.2, 0) is 19.5 Å². The molecule has 1 unspecified atom stereocenters. The summed E-state index contributed by atoms with van der Waals surface area (Å²) < 4.78 is 39.6. The lowest BCUT2D eigenvalue weighted by Crippen LogP contribution is -2.34. The van der Waals surface area contributed by atoms with E-state index in [1.807, 2.05) is 6.92 Å². The lowest BCUT2D eigenvalue weighted by molar-refractivity contribution is -0.137. The van der Waals surface area contributed by atoms with E-state index in [4.69, 9.17) is 9.47 Å². The van der Waals surface area contributed by atoms with Crippen LogP contribution in [0.4, 0.5) is 0 Å². The van der Waals surface area contributed by atoms with Crippen LogP contribution < -0.4 is 4.72 Å². The molecule has 1 aromatic carbocycles. The van der Waals surface area contributed by atoms with Crippen LogP contribution in [0.1, 0.15) is 19.4 Å². The quantitative estimate of drug-likeness (QED) is 0.778. The number of rotatable bonds is 4. The molecule has 0 radical (unpaired) electrons. The summed E-state index contributed by atoms with van der Waals surface area (Å²) in [7, 11) is -3.62. The summed E-state index contributed by atoms with van der Waals surface area (Å²) in [5.41, 5.74) is 0.954. The van der Waals surface area contributed by atoms with Gasteiger partial charge in [0, 0.05) is 15.5 Å². The fourth-order valence-electron chi connectivity index (χ4n) is 1.98. The Morgan fingerprint density at radius 1 is 1.33 bits per heavy atom. The molecule has 1 fully saturated rings. The molecule has 1 atom stereocenters. The summed E-state index contributed by atoms with van der Waals surface area (Å²) >= 11 is 6.64. The Bertz CT molecular complexity index is 646. The largest absolute Gasteiger partial charge is 0.348 e. The molecule has 0 amide bonds. The molecule has 1 aliphatic heterocycles. The molecule has 1 saturated heterocycles. The average Bonchev–Trinajstić information content (AvgIpc) is 2.71. The van der Waals surface area contributed by atoms with Crippen molar-refractivity contribution in [3.8, 4) is 0 Å². The molecule has 0 bridgehead atoms. The second-order valence-electron chi connectivity index (χ2n) is 5.33. The zero-order valence-electron chi connectivity index (χ0n) is 11.9. The van der Waals surface area contributed by atoms with Crippen molar-refractivity contribution in [1.82, 2.24) is 4.72 Å². The van der Waals surface area contributed by atoms with Gasteiger partial charge in [-0.3, -0.25) is 0 Å². The summed E-state index contributed by atoms with van der Waals surface area (Å²) in [6.07, 6.45) is -0.289. The van der Waals surface area contributed by atoms with Gasteiger partial charge in [0.25, 0.3) is 0 Å². The molecule has 2 rings (SSSR count). The van der Waals surface area contributed by atoms with E-state index in [1.54, 1.807) is 26.0 Å². The lowest BCUT2D eigenvalue weighted by Gasteiger charge is -2.17. The number of halogens is 2. The molecule has 0 aromatic heterocycles. The lowest BCUT2D eigenvalue weighted by atomic mass is 10.2. The normalized spacial score (nSPS) is 21.7. The molecule has 1 aliphatic rings. The van der Waals surface area contributed by atoms with Crippen molar-refractivity contribution in [3.63, 3.8) is 0 Å².